The third-order valence-electron chi connectivity index (χ3n) is 3.14. The summed E-state index contributed by atoms with van der Waals surface area (Å²) in [6.45, 7) is 4.42. The van der Waals surface area contributed by atoms with Crippen LogP contribution in [0.25, 0.3) is 0 Å². The van der Waals surface area contributed by atoms with Crippen molar-refractivity contribution in [2.75, 3.05) is 6.61 Å². The van der Waals surface area contributed by atoms with Crippen LogP contribution < -0.4 is 0 Å². The van der Waals surface area contributed by atoms with Gasteiger partial charge in [0.05, 0.1) is 6.61 Å². The molecule has 0 spiro atoms. The Kier molecular flexibility index (Phi) is 3.32. The zero-order chi connectivity index (χ0) is 11.5. The molecular weight excluding hydrogens is 202 g/mol. The molecular formula is C13H19NO2. The van der Waals surface area contributed by atoms with E-state index >= 15 is 0 Å². The van der Waals surface area contributed by atoms with E-state index in [4.69, 9.17) is 4.74 Å². The summed E-state index contributed by atoms with van der Waals surface area (Å²) in [5, 5.41) is 0. The lowest BCUT2D eigenvalue weighted by Gasteiger charge is -2.04. The van der Waals surface area contributed by atoms with Gasteiger partial charge >= 0.3 is 5.97 Å². The second-order valence-corrected chi connectivity index (χ2v) is 4.26. The van der Waals surface area contributed by atoms with Crippen LogP contribution in [-0.2, 0) is 24.0 Å². The highest BCUT2D eigenvalue weighted by Crippen LogP contribution is 2.29. The van der Waals surface area contributed by atoms with Crippen molar-refractivity contribution in [3.63, 3.8) is 0 Å². The first-order chi connectivity index (χ1) is 7.77. The number of aromatic amines is 1. The Labute approximate surface area is 96.2 Å². The molecule has 2 rings (SSSR count). The normalized spacial score (nSPS) is 13.9. The molecule has 0 aromatic carbocycles. The van der Waals surface area contributed by atoms with Crippen LogP contribution in [0.2, 0.25) is 0 Å². The topological polar surface area (TPSA) is 42.1 Å². The summed E-state index contributed by atoms with van der Waals surface area (Å²) in [7, 11) is 0. The molecule has 0 atom stereocenters. The van der Waals surface area contributed by atoms with Crippen molar-refractivity contribution in [1.29, 1.82) is 0 Å². The lowest BCUT2D eigenvalue weighted by atomic mass is 10.0. The highest BCUT2D eigenvalue weighted by molar-refractivity contribution is 5.90. The minimum absolute atomic E-state index is 0.194. The van der Waals surface area contributed by atoms with Gasteiger partial charge in [-0.15, -0.1) is 0 Å². The monoisotopic (exact) mass is 221 g/mol. The maximum atomic E-state index is 11.8. The lowest BCUT2D eigenvalue weighted by Crippen LogP contribution is -2.08. The van der Waals surface area contributed by atoms with Gasteiger partial charge in [-0.2, -0.15) is 0 Å². The van der Waals surface area contributed by atoms with Gasteiger partial charge in [-0.05, 0) is 43.7 Å². The van der Waals surface area contributed by atoms with Gasteiger partial charge in [-0.3, -0.25) is 0 Å². The van der Waals surface area contributed by atoms with E-state index in [2.05, 4.69) is 11.9 Å². The van der Waals surface area contributed by atoms with Gasteiger partial charge in [0, 0.05) is 5.69 Å². The molecule has 0 aliphatic heterocycles. The molecule has 1 aliphatic rings. The van der Waals surface area contributed by atoms with Crippen molar-refractivity contribution in [3.05, 3.63) is 22.5 Å². The van der Waals surface area contributed by atoms with Crippen LogP contribution in [0.15, 0.2) is 0 Å². The van der Waals surface area contributed by atoms with E-state index in [1.807, 2.05) is 6.92 Å². The van der Waals surface area contributed by atoms with Crippen molar-refractivity contribution < 1.29 is 9.53 Å². The fourth-order valence-corrected chi connectivity index (χ4v) is 2.50. The largest absolute Gasteiger partial charge is 0.461 e. The summed E-state index contributed by atoms with van der Waals surface area (Å²) in [6.07, 6.45) is 5.43. The first kappa shape index (κ1) is 11.2. The summed E-state index contributed by atoms with van der Waals surface area (Å²) in [6, 6.07) is 0. The number of hydrogen-bond acceptors (Lipinski definition) is 2. The zero-order valence-electron chi connectivity index (χ0n) is 10.1. The molecule has 0 saturated carbocycles. The molecule has 0 amide bonds. The summed E-state index contributed by atoms with van der Waals surface area (Å²) in [4.78, 5) is 15.0. The van der Waals surface area contributed by atoms with Gasteiger partial charge in [0.25, 0.3) is 0 Å². The number of aryl methyl sites for hydroxylation is 1. The van der Waals surface area contributed by atoms with Gasteiger partial charge in [0.2, 0.25) is 0 Å². The number of rotatable bonds is 4. The number of nitrogens with one attached hydrogen (secondary N) is 1. The Morgan fingerprint density at radius 3 is 2.88 bits per heavy atom. The molecule has 0 bridgehead atoms. The quantitative estimate of drug-likeness (QED) is 0.794. The van der Waals surface area contributed by atoms with Crippen molar-refractivity contribution >= 4 is 5.97 Å². The number of fused-ring (bicyclic) bond motifs is 1. The second-order valence-electron chi connectivity index (χ2n) is 4.26. The number of ether oxygens (including phenoxy) is 1. The Bertz CT molecular complexity index is 393. The standard InChI is InChI=1S/C13H19NO2/c1-3-6-10-9-7-5-8-11(9)14-12(10)13(15)16-4-2/h14H,3-8H2,1-2H3. The van der Waals surface area contributed by atoms with Gasteiger partial charge in [0.15, 0.2) is 0 Å². The van der Waals surface area contributed by atoms with E-state index in [-0.39, 0.29) is 5.97 Å². The highest BCUT2D eigenvalue weighted by Gasteiger charge is 2.24. The van der Waals surface area contributed by atoms with E-state index in [1.54, 1.807) is 0 Å². The van der Waals surface area contributed by atoms with Crippen LogP contribution >= 0.6 is 0 Å². The Balaban J connectivity index is 2.33. The number of carbonyl (C=O) groups is 1. The molecule has 3 nitrogen and oxygen atoms in total. The van der Waals surface area contributed by atoms with Gasteiger partial charge in [0.1, 0.15) is 5.69 Å². The summed E-state index contributed by atoms with van der Waals surface area (Å²) < 4.78 is 5.08. The van der Waals surface area contributed by atoms with Crippen molar-refractivity contribution in [3.8, 4) is 0 Å². The van der Waals surface area contributed by atoms with E-state index < -0.39 is 0 Å². The lowest BCUT2D eigenvalue weighted by molar-refractivity contribution is 0.0518. The molecule has 0 radical (unpaired) electrons. The van der Waals surface area contributed by atoms with Gasteiger partial charge in [-0.25, -0.2) is 4.79 Å². The number of carbonyl (C=O) groups excluding carboxylic acids is 1. The third-order valence-corrected chi connectivity index (χ3v) is 3.14. The van der Waals surface area contributed by atoms with E-state index in [1.165, 1.54) is 23.2 Å². The Hall–Kier alpha value is -1.25. The maximum absolute atomic E-state index is 11.8. The molecule has 88 valence electrons. The number of hydrogen-bond donors (Lipinski definition) is 1. The molecule has 16 heavy (non-hydrogen) atoms. The number of H-pyrrole nitrogens is 1. The minimum Gasteiger partial charge on any atom is -0.461 e. The van der Waals surface area contributed by atoms with Gasteiger partial charge in [-0.1, -0.05) is 13.3 Å². The summed E-state index contributed by atoms with van der Waals surface area (Å²) in [5.41, 5.74) is 4.54. The fraction of sp³-hybridized carbons (Fsp3) is 0.615. The smallest absolute Gasteiger partial charge is 0.355 e. The zero-order valence-corrected chi connectivity index (χ0v) is 10.1. The number of aromatic nitrogens is 1. The molecule has 0 unspecified atom stereocenters. The van der Waals surface area contributed by atoms with Crippen LogP contribution in [-0.4, -0.2) is 17.6 Å². The van der Waals surface area contributed by atoms with Crippen molar-refractivity contribution in [2.45, 2.75) is 46.0 Å². The second kappa shape index (κ2) is 4.73. The molecule has 1 N–H and O–H groups in total. The predicted octanol–water partition coefficient (Wildman–Crippen LogP) is 2.63. The Morgan fingerprint density at radius 2 is 2.19 bits per heavy atom. The Morgan fingerprint density at radius 1 is 1.38 bits per heavy atom. The van der Waals surface area contributed by atoms with Crippen LogP contribution in [0.1, 0.15) is 54.0 Å². The van der Waals surface area contributed by atoms with Crippen LogP contribution in [0, 0.1) is 0 Å². The van der Waals surface area contributed by atoms with E-state index in [0.717, 1.165) is 25.7 Å². The van der Waals surface area contributed by atoms with Crippen LogP contribution in [0.4, 0.5) is 0 Å². The fourth-order valence-electron chi connectivity index (χ4n) is 2.50. The molecule has 0 fully saturated rings. The summed E-state index contributed by atoms with van der Waals surface area (Å²) in [5.74, 6) is -0.194. The SMILES string of the molecule is CCCc1c(C(=O)OCC)[nH]c2c1CCC2. The minimum atomic E-state index is -0.194. The average molecular weight is 221 g/mol. The molecule has 1 heterocycles. The predicted molar refractivity (Wildman–Crippen MR) is 62.8 cm³/mol. The molecule has 1 aliphatic carbocycles. The highest BCUT2D eigenvalue weighted by atomic mass is 16.5. The first-order valence-electron chi connectivity index (χ1n) is 6.17. The first-order valence-corrected chi connectivity index (χ1v) is 6.17. The molecule has 3 heteroatoms. The maximum Gasteiger partial charge on any atom is 0.355 e. The summed E-state index contributed by atoms with van der Waals surface area (Å²) >= 11 is 0. The van der Waals surface area contributed by atoms with Crippen LogP contribution in [0.3, 0.4) is 0 Å². The molecule has 1 aromatic rings. The van der Waals surface area contributed by atoms with Gasteiger partial charge < -0.3 is 9.72 Å². The van der Waals surface area contributed by atoms with E-state index in [0.29, 0.717) is 12.3 Å². The van der Waals surface area contributed by atoms with Crippen molar-refractivity contribution in [1.82, 2.24) is 4.98 Å². The number of esters is 1. The van der Waals surface area contributed by atoms with Crippen molar-refractivity contribution in [2.24, 2.45) is 0 Å². The molecule has 0 saturated heterocycles. The van der Waals surface area contributed by atoms with Crippen LogP contribution in [0.5, 0.6) is 0 Å². The van der Waals surface area contributed by atoms with E-state index in [9.17, 15) is 4.79 Å². The molecule has 1 aromatic heterocycles. The third kappa shape index (κ3) is 1.86. The average Bonchev–Trinajstić information content (AvgIpc) is 2.81.